The fourth-order valence-electron chi connectivity index (χ4n) is 2.65. The van der Waals surface area contributed by atoms with Crippen molar-refractivity contribution in [1.29, 1.82) is 0 Å². The number of benzene rings is 2. The molecule has 2 aromatic carbocycles. The van der Waals surface area contributed by atoms with Crippen LogP contribution in [0.1, 0.15) is 11.1 Å². The van der Waals surface area contributed by atoms with Gasteiger partial charge in [0.05, 0.1) is 18.5 Å². The molecule has 0 fully saturated rings. The fourth-order valence-corrected chi connectivity index (χ4v) is 3.47. The maximum atomic E-state index is 13.8. The number of imidazole rings is 1. The van der Waals surface area contributed by atoms with E-state index in [0.717, 1.165) is 33.3 Å². The highest BCUT2D eigenvalue weighted by Gasteiger charge is 2.17. The predicted octanol–water partition coefficient (Wildman–Crippen LogP) is 4.37. The Morgan fingerprint density at radius 3 is 2.96 bits per heavy atom. The summed E-state index contributed by atoms with van der Waals surface area (Å²) in [4.78, 5) is 7.68. The van der Waals surface area contributed by atoms with E-state index < -0.39 is 0 Å². The Bertz CT molecular complexity index is 851. The van der Waals surface area contributed by atoms with Crippen molar-refractivity contribution in [2.75, 3.05) is 6.79 Å². The molecule has 3 aromatic rings. The van der Waals surface area contributed by atoms with Gasteiger partial charge in [-0.1, -0.05) is 42.1 Å². The smallest absolute Gasteiger partial charge is 0.189 e. The molecule has 0 aliphatic carbocycles. The molecule has 0 radical (unpaired) electrons. The molecule has 0 atom stereocenters. The number of hydrogen-bond donors (Lipinski definition) is 1. The van der Waals surface area contributed by atoms with Gasteiger partial charge in [0.1, 0.15) is 11.6 Å². The molecule has 1 aliphatic rings. The number of aromatic nitrogens is 2. The van der Waals surface area contributed by atoms with E-state index in [9.17, 15) is 4.39 Å². The van der Waals surface area contributed by atoms with E-state index in [0.29, 0.717) is 12.4 Å². The molecule has 0 unspecified atom stereocenters. The Morgan fingerprint density at radius 1 is 1.21 bits per heavy atom. The first kappa shape index (κ1) is 15.2. The summed E-state index contributed by atoms with van der Waals surface area (Å²) < 4.78 is 24.5. The molecule has 4 nitrogen and oxygen atoms in total. The largest absolute Gasteiger partial charge is 0.467 e. The molecule has 1 aromatic heterocycles. The summed E-state index contributed by atoms with van der Waals surface area (Å²) >= 11 is 1.52. The molecular weight excluding hydrogens is 327 g/mol. The second-order valence-electron chi connectivity index (χ2n) is 5.42. The fraction of sp³-hybridized carbons (Fsp3) is 0.167. The maximum Gasteiger partial charge on any atom is 0.189 e. The van der Waals surface area contributed by atoms with Crippen LogP contribution in [0.15, 0.2) is 53.8 Å². The zero-order chi connectivity index (χ0) is 16.4. The molecular formula is C18H15FN2O2S. The van der Waals surface area contributed by atoms with Crippen molar-refractivity contribution in [3.63, 3.8) is 0 Å². The molecule has 1 aliphatic heterocycles. The van der Waals surface area contributed by atoms with Crippen molar-refractivity contribution < 1.29 is 13.9 Å². The summed E-state index contributed by atoms with van der Waals surface area (Å²) in [5.74, 6) is 1.02. The van der Waals surface area contributed by atoms with Crippen LogP contribution in [0.3, 0.4) is 0 Å². The lowest BCUT2D eigenvalue weighted by Crippen LogP contribution is -2.13. The number of aromatic amines is 1. The van der Waals surface area contributed by atoms with Crippen molar-refractivity contribution in [2.45, 2.75) is 17.5 Å². The van der Waals surface area contributed by atoms with Gasteiger partial charge < -0.3 is 14.5 Å². The molecule has 0 saturated carbocycles. The van der Waals surface area contributed by atoms with E-state index in [1.165, 1.54) is 23.9 Å². The third-order valence-corrected chi connectivity index (χ3v) is 4.69. The van der Waals surface area contributed by atoms with Crippen molar-refractivity contribution in [2.24, 2.45) is 0 Å². The van der Waals surface area contributed by atoms with E-state index in [2.05, 4.69) is 9.97 Å². The van der Waals surface area contributed by atoms with Gasteiger partial charge in [0.25, 0.3) is 0 Å². The number of nitrogens with one attached hydrogen (secondary N) is 1. The van der Waals surface area contributed by atoms with Crippen LogP contribution in [-0.4, -0.2) is 16.8 Å². The zero-order valence-corrected chi connectivity index (χ0v) is 13.6. The number of halogens is 1. The van der Waals surface area contributed by atoms with Gasteiger partial charge in [-0.25, -0.2) is 9.37 Å². The number of hydrogen-bond acceptors (Lipinski definition) is 4. The lowest BCUT2D eigenvalue weighted by molar-refractivity contribution is -0.0171. The summed E-state index contributed by atoms with van der Waals surface area (Å²) in [6.45, 7) is 0.582. The minimum atomic E-state index is -0.275. The van der Waals surface area contributed by atoms with Crippen LogP contribution in [0.4, 0.5) is 4.39 Å². The maximum absolute atomic E-state index is 13.8. The Labute approximate surface area is 143 Å². The van der Waals surface area contributed by atoms with Gasteiger partial charge in [0, 0.05) is 16.9 Å². The van der Waals surface area contributed by atoms with E-state index >= 15 is 0 Å². The van der Waals surface area contributed by atoms with Crippen LogP contribution >= 0.6 is 11.8 Å². The molecule has 4 rings (SSSR count). The Kier molecular flexibility index (Phi) is 4.23. The first-order valence-electron chi connectivity index (χ1n) is 7.54. The summed E-state index contributed by atoms with van der Waals surface area (Å²) in [6, 6.07) is 13.0. The van der Waals surface area contributed by atoms with Crippen molar-refractivity contribution in [1.82, 2.24) is 9.97 Å². The van der Waals surface area contributed by atoms with Gasteiger partial charge in [-0.2, -0.15) is 0 Å². The number of H-pyrrole nitrogens is 1. The molecule has 1 N–H and O–H groups in total. The molecule has 24 heavy (non-hydrogen) atoms. The first-order valence-corrected chi connectivity index (χ1v) is 8.53. The monoisotopic (exact) mass is 342 g/mol. The van der Waals surface area contributed by atoms with E-state index in [4.69, 9.17) is 9.47 Å². The highest BCUT2D eigenvalue weighted by molar-refractivity contribution is 7.98. The van der Waals surface area contributed by atoms with Gasteiger partial charge in [0.2, 0.25) is 0 Å². The zero-order valence-electron chi connectivity index (χ0n) is 12.8. The second-order valence-corrected chi connectivity index (χ2v) is 6.38. The highest BCUT2D eigenvalue weighted by Crippen LogP contribution is 2.33. The first-order chi connectivity index (χ1) is 11.8. The van der Waals surface area contributed by atoms with Crippen LogP contribution in [0.5, 0.6) is 5.75 Å². The average molecular weight is 342 g/mol. The number of ether oxygens (including phenoxy) is 2. The molecule has 0 saturated heterocycles. The van der Waals surface area contributed by atoms with Gasteiger partial charge in [-0.15, -0.1) is 0 Å². The minimum Gasteiger partial charge on any atom is -0.467 e. The number of thioether (sulfide) groups is 1. The Hall–Kier alpha value is -2.31. The van der Waals surface area contributed by atoms with Crippen molar-refractivity contribution in [3.8, 4) is 17.0 Å². The van der Waals surface area contributed by atoms with Crippen LogP contribution in [0.25, 0.3) is 11.3 Å². The van der Waals surface area contributed by atoms with Crippen LogP contribution in [-0.2, 0) is 17.1 Å². The molecule has 6 heteroatoms. The standard InChI is InChI=1S/C18H15FN2O2S/c19-15-6-13-9-22-11-23-17(13)14(7-15)10-24-18-20-8-16(21-18)12-4-2-1-3-5-12/h1-8H,9-11H2,(H,20,21). The molecule has 0 spiro atoms. The van der Waals surface area contributed by atoms with E-state index in [1.54, 1.807) is 0 Å². The summed E-state index contributed by atoms with van der Waals surface area (Å²) in [5, 5.41) is 0.791. The highest BCUT2D eigenvalue weighted by atomic mass is 32.2. The quantitative estimate of drug-likeness (QED) is 0.715. The number of rotatable bonds is 4. The average Bonchev–Trinajstić information content (AvgIpc) is 3.09. The normalized spacial score (nSPS) is 13.4. The minimum absolute atomic E-state index is 0.204. The van der Waals surface area contributed by atoms with E-state index in [1.807, 2.05) is 36.5 Å². The third kappa shape index (κ3) is 3.16. The lowest BCUT2D eigenvalue weighted by Gasteiger charge is -2.20. The number of fused-ring (bicyclic) bond motifs is 1. The van der Waals surface area contributed by atoms with Gasteiger partial charge in [0.15, 0.2) is 11.9 Å². The third-order valence-electron chi connectivity index (χ3n) is 3.75. The Morgan fingerprint density at radius 2 is 2.08 bits per heavy atom. The predicted molar refractivity (Wildman–Crippen MR) is 90.3 cm³/mol. The Balaban J connectivity index is 1.52. The molecule has 0 bridgehead atoms. The molecule has 2 heterocycles. The second kappa shape index (κ2) is 6.67. The number of nitrogens with zero attached hydrogens (tertiary/aromatic N) is 1. The summed E-state index contributed by atoms with van der Waals surface area (Å²) in [5.41, 5.74) is 3.61. The topological polar surface area (TPSA) is 47.1 Å². The van der Waals surface area contributed by atoms with Gasteiger partial charge >= 0.3 is 0 Å². The van der Waals surface area contributed by atoms with Gasteiger partial charge in [-0.05, 0) is 17.7 Å². The van der Waals surface area contributed by atoms with E-state index in [-0.39, 0.29) is 12.6 Å². The van der Waals surface area contributed by atoms with Crippen molar-refractivity contribution in [3.05, 3.63) is 65.6 Å². The molecule has 0 amide bonds. The summed E-state index contributed by atoms with van der Waals surface area (Å²) in [6.07, 6.45) is 1.81. The van der Waals surface area contributed by atoms with Crippen molar-refractivity contribution >= 4 is 11.8 Å². The SMILES string of the molecule is Fc1cc2c(c(CSc3ncc(-c4ccccc4)[nH]3)c1)OCOC2. The van der Waals surface area contributed by atoms with Crippen LogP contribution in [0.2, 0.25) is 0 Å². The van der Waals surface area contributed by atoms with Gasteiger partial charge in [-0.3, -0.25) is 0 Å². The molecule has 122 valence electrons. The lowest BCUT2D eigenvalue weighted by atomic mass is 10.1. The van der Waals surface area contributed by atoms with Crippen LogP contribution in [0, 0.1) is 5.82 Å². The van der Waals surface area contributed by atoms with Crippen LogP contribution < -0.4 is 4.74 Å². The summed E-state index contributed by atoms with van der Waals surface area (Å²) in [7, 11) is 0.